The van der Waals surface area contributed by atoms with Gasteiger partial charge in [-0.1, -0.05) is 24.6 Å². The Balaban J connectivity index is 1.81. The molecule has 6 nitrogen and oxygen atoms in total. The molecule has 0 spiro atoms. The second kappa shape index (κ2) is 7.07. The van der Waals surface area contributed by atoms with Crippen LogP contribution in [0.3, 0.4) is 0 Å². The molecule has 0 fully saturated rings. The molecular weight excluding hydrogens is 378 g/mol. The molecule has 1 aliphatic heterocycles. The Bertz CT molecular complexity index is 1160. The number of benzene rings is 2. The Kier molecular flexibility index (Phi) is 4.72. The summed E-state index contributed by atoms with van der Waals surface area (Å²) in [6, 6.07) is 12.7. The van der Waals surface area contributed by atoms with Crippen molar-refractivity contribution in [3.63, 3.8) is 0 Å². The van der Waals surface area contributed by atoms with Gasteiger partial charge in [-0.15, -0.1) is 0 Å². The first-order chi connectivity index (χ1) is 13.4. The van der Waals surface area contributed by atoms with Crippen LogP contribution in [0.4, 0.5) is 0 Å². The molecule has 0 aliphatic carbocycles. The Morgan fingerprint density at radius 3 is 2.75 bits per heavy atom. The number of ether oxygens (including phenoxy) is 2. The van der Waals surface area contributed by atoms with E-state index in [-0.39, 0.29) is 11.5 Å². The van der Waals surface area contributed by atoms with Crippen molar-refractivity contribution >= 4 is 21.0 Å². The van der Waals surface area contributed by atoms with Gasteiger partial charge in [0.1, 0.15) is 11.5 Å². The van der Waals surface area contributed by atoms with Crippen molar-refractivity contribution in [2.75, 3.05) is 13.7 Å². The molecule has 2 heterocycles. The Morgan fingerprint density at radius 1 is 1.18 bits per heavy atom. The molecule has 28 heavy (non-hydrogen) atoms. The number of pyridine rings is 1. The molecule has 3 aromatic rings. The van der Waals surface area contributed by atoms with E-state index < -0.39 is 16.2 Å². The predicted octanol–water partition coefficient (Wildman–Crippen LogP) is 3.95. The van der Waals surface area contributed by atoms with Crippen LogP contribution < -0.4 is 9.47 Å². The number of nitrogens with zero attached hydrogens (tertiary/aromatic N) is 1. The topological polar surface area (TPSA) is 74.7 Å². The van der Waals surface area contributed by atoms with Crippen LogP contribution in [0.25, 0.3) is 10.9 Å². The van der Waals surface area contributed by atoms with Gasteiger partial charge >= 0.3 is 0 Å². The Hall–Kier alpha value is -2.64. The molecule has 0 saturated heterocycles. The van der Waals surface area contributed by atoms with E-state index in [1.165, 1.54) is 0 Å². The predicted molar refractivity (Wildman–Crippen MR) is 105 cm³/mol. The first kappa shape index (κ1) is 18.7. The minimum atomic E-state index is -3.87. The maximum Gasteiger partial charge on any atom is 0.297 e. The van der Waals surface area contributed by atoms with Crippen molar-refractivity contribution in [3.8, 4) is 11.5 Å². The highest BCUT2D eigenvalue weighted by Gasteiger charge is 2.30. The zero-order valence-corrected chi connectivity index (χ0v) is 16.7. The molecule has 4 rings (SSSR count). The maximum atomic E-state index is 12.4. The molecule has 146 valence electrons. The molecule has 7 heteroatoms. The van der Waals surface area contributed by atoms with E-state index in [9.17, 15) is 8.42 Å². The maximum absolute atomic E-state index is 12.4. The smallest absolute Gasteiger partial charge is 0.297 e. The summed E-state index contributed by atoms with van der Waals surface area (Å²) in [5.41, 5.74) is 3.25. The fourth-order valence-corrected chi connectivity index (χ4v) is 4.26. The summed E-state index contributed by atoms with van der Waals surface area (Å²) in [6.45, 7) is 4.16. The molecule has 0 saturated carbocycles. The van der Waals surface area contributed by atoms with E-state index in [0.717, 1.165) is 35.7 Å². The Labute approximate surface area is 164 Å². The summed E-state index contributed by atoms with van der Waals surface area (Å²) in [6.07, 6.45) is 0.262. The lowest BCUT2D eigenvalue weighted by molar-refractivity contribution is 0.0912. The van der Waals surface area contributed by atoms with Crippen molar-refractivity contribution in [2.45, 2.75) is 31.3 Å². The SMILES string of the molecule is CCc1ccc2c3c(ccc2n1)OC[C@@H](c1cc(C)ccc1S(=O)(=O)OC)O3. The lowest BCUT2D eigenvalue weighted by Crippen LogP contribution is -2.24. The van der Waals surface area contributed by atoms with Crippen LogP contribution >= 0.6 is 0 Å². The Morgan fingerprint density at radius 2 is 2.00 bits per heavy atom. The molecule has 0 bridgehead atoms. The van der Waals surface area contributed by atoms with Gasteiger partial charge in [0, 0.05) is 16.6 Å². The van der Waals surface area contributed by atoms with Gasteiger partial charge in [-0.25, -0.2) is 0 Å². The fourth-order valence-electron chi connectivity index (χ4n) is 3.36. The standard InChI is InChI=1S/C21H21NO5S/c1-4-14-6-7-15-17(22-14)8-9-18-21(15)27-19(12-26-18)16-11-13(2)5-10-20(16)28(23,24)25-3/h5-11,19H,4,12H2,1-3H3/t19-/m0/s1. The lowest BCUT2D eigenvalue weighted by Gasteiger charge is -2.29. The molecule has 0 amide bonds. The summed E-state index contributed by atoms with van der Waals surface area (Å²) >= 11 is 0. The van der Waals surface area contributed by atoms with E-state index in [2.05, 4.69) is 11.9 Å². The minimum Gasteiger partial charge on any atom is -0.485 e. The van der Waals surface area contributed by atoms with Crippen LogP contribution in [0.1, 0.15) is 29.8 Å². The summed E-state index contributed by atoms with van der Waals surface area (Å²) < 4.78 is 41.6. The van der Waals surface area contributed by atoms with E-state index >= 15 is 0 Å². The van der Waals surface area contributed by atoms with Gasteiger partial charge < -0.3 is 9.47 Å². The van der Waals surface area contributed by atoms with Crippen molar-refractivity contribution in [1.29, 1.82) is 0 Å². The highest BCUT2D eigenvalue weighted by atomic mass is 32.2. The number of hydrogen-bond acceptors (Lipinski definition) is 6. The van der Waals surface area contributed by atoms with E-state index in [1.54, 1.807) is 18.2 Å². The molecule has 0 N–H and O–H groups in total. The van der Waals surface area contributed by atoms with Crippen LogP contribution in [0.5, 0.6) is 11.5 Å². The van der Waals surface area contributed by atoms with E-state index in [0.29, 0.717) is 17.1 Å². The molecular formula is C21H21NO5S. The first-order valence-electron chi connectivity index (χ1n) is 9.06. The van der Waals surface area contributed by atoms with Crippen LogP contribution in [0, 0.1) is 6.92 Å². The van der Waals surface area contributed by atoms with Crippen molar-refractivity contribution in [1.82, 2.24) is 4.98 Å². The van der Waals surface area contributed by atoms with Gasteiger partial charge in [0.05, 0.1) is 12.6 Å². The molecule has 2 aromatic carbocycles. The summed E-state index contributed by atoms with van der Waals surface area (Å²) in [5.74, 6) is 1.20. The molecule has 1 aromatic heterocycles. The summed E-state index contributed by atoms with van der Waals surface area (Å²) in [7, 11) is -2.72. The van der Waals surface area contributed by atoms with Crippen molar-refractivity contribution in [3.05, 3.63) is 59.3 Å². The zero-order chi connectivity index (χ0) is 19.9. The molecule has 0 radical (unpaired) electrons. The van der Waals surface area contributed by atoms with Gasteiger partial charge in [-0.3, -0.25) is 9.17 Å². The molecule has 1 aliphatic rings. The monoisotopic (exact) mass is 399 g/mol. The third kappa shape index (κ3) is 3.21. The normalized spacial score (nSPS) is 16.3. The first-order valence-corrected chi connectivity index (χ1v) is 10.5. The fraction of sp³-hybridized carbons (Fsp3) is 0.286. The summed E-state index contributed by atoms with van der Waals surface area (Å²) in [5, 5.41) is 0.836. The number of aromatic nitrogens is 1. The van der Waals surface area contributed by atoms with Crippen LogP contribution in [-0.2, 0) is 20.7 Å². The van der Waals surface area contributed by atoms with Gasteiger partial charge in [0.2, 0.25) is 0 Å². The molecule has 1 atom stereocenters. The second-order valence-corrected chi connectivity index (χ2v) is 8.38. The number of aryl methyl sites for hydroxylation is 2. The van der Waals surface area contributed by atoms with Gasteiger partial charge in [-0.05, 0) is 43.7 Å². The van der Waals surface area contributed by atoms with Gasteiger partial charge in [0.15, 0.2) is 17.6 Å². The van der Waals surface area contributed by atoms with Crippen LogP contribution in [0.2, 0.25) is 0 Å². The summed E-state index contributed by atoms with van der Waals surface area (Å²) in [4.78, 5) is 4.72. The third-order valence-electron chi connectivity index (χ3n) is 4.86. The number of fused-ring (bicyclic) bond motifs is 3. The quantitative estimate of drug-likeness (QED) is 0.619. The average Bonchev–Trinajstić information content (AvgIpc) is 2.72. The number of hydrogen-bond donors (Lipinski definition) is 0. The van der Waals surface area contributed by atoms with Gasteiger partial charge in [-0.2, -0.15) is 8.42 Å². The highest BCUT2D eigenvalue weighted by molar-refractivity contribution is 7.86. The van der Waals surface area contributed by atoms with Gasteiger partial charge in [0.25, 0.3) is 10.1 Å². The van der Waals surface area contributed by atoms with Crippen molar-refractivity contribution < 1.29 is 22.1 Å². The third-order valence-corrected chi connectivity index (χ3v) is 6.21. The second-order valence-electron chi connectivity index (χ2n) is 6.70. The van der Waals surface area contributed by atoms with Crippen molar-refractivity contribution in [2.24, 2.45) is 0 Å². The van der Waals surface area contributed by atoms with Crippen LogP contribution in [0.15, 0.2) is 47.4 Å². The number of rotatable bonds is 4. The lowest BCUT2D eigenvalue weighted by atomic mass is 10.1. The average molecular weight is 399 g/mol. The largest absolute Gasteiger partial charge is 0.485 e. The zero-order valence-electron chi connectivity index (χ0n) is 15.9. The van der Waals surface area contributed by atoms with E-state index in [4.69, 9.17) is 13.7 Å². The highest BCUT2D eigenvalue weighted by Crippen LogP contribution is 2.42. The van der Waals surface area contributed by atoms with Crippen LogP contribution in [-0.4, -0.2) is 27.1 Å². The molecule has 0 unspecified atom stereocenters. The van der Waals surface area contributed by atoms with E-state index in [1.807, 2.05) is 31.2 Å². The minimum absolute atomic E-state index is 0.0873.